The van der Waals surface area contributed by atoms with Crippen molar-refractivity contribution in [3.63, 3.8) is 0 Å². The first-order valence-electron chi connectivity index (χ1n) is 12.4. The second-order valence-electron chi connectivity index (χ2n) is 9.33. The number of piperidine rings is 2. The first-order chi connectivity index (χ1) is 15.5. The number of benzene rings is 1. The molecule has 0 radical (unpaired) electrons. The van der Waals surface area contributed by atoms with Crippen LogP contribution in [-0.2, 0) is 10.0 Å². The Hall–Kier alpha value is -1.64. The summed E-state index contributed by atoms with van der Waals surface area (Å²) in [5, 5.41) is 3.06. The molecule has 1 amide bonds. The van der Waals surface area contributed by atoms with Crippen LogP contribution in [0.25, 0.3) is 0 Å². The number of sulfonamides is 1. The van der Waals surface area contributed by atoms with Gasteiger partial charge in [-0.1, -0.05) is 13.3 Å². The van der Waals surface area contributed by atoms with Crippen LogP contribution >= 0.6 is 0 Å². The van der Waals surface area contributed by atoms with Gasteiger partial charge in [0.15, 0.2) is 0 Å². The highest BCUT2D eigenvalue weighted by Crippen LogP contribution is 2.32. The number of hydrogen-bond acceptors (Lipinski definition) is 5. The average molecular weight is 463 g/mol. The standard InChI is InChI=1S/C24H38N4O3S/c1-2-26-15-9-10-21(26)19-25-24(29)20-11-12-22(27-13-5-3-6-14-27)23(18-20)32(30,31)28-16-7-4-8-17-28/h11-12,18,21H,2-10,13-17,19H2,1H3,(H,25,29). The van der Waals surface area contributed by atoms with Crippen molar-refractivity contribution >= 4 is 21.6 Å². The molecule has 3 fully saturated rings. The van der Waals surface area contributed by atoms with Gasteiger partial charge in [-0.25, -0.2) is 8.42 Å². The van der Waals surface area contributed by atoms with Crippen molar-refractivity contribution in [3.8, 4) is 0 Å². The smallest absolute Gasteiger partial charge is 0.251 e. The largest absolute Gasteiger partial charge is 0.370 e. The number of nitrogens with one attached hydrogen (secondary N) is 1. The number of rotatable bonds is 7. The van der Waals surface area contributed by atoms with Crippen molar-refractivity contribution < 1.29 is 13.2 Å². The van der Waals surface area contributed by atoms with Gasteiger partial charge in [0.25, 0.3) is 5.91 Å². The summed E-state index contributed by atoms with van der Waals surface area (Å²) in [6, 6.07) is 5.63. The van der Waals surface area contributed by atoms with Crippen molar-refractivity contribution in [1.29, 1.82) is 0 Å². The van der Waals surface area contributed by atoms with E-state index in [-0.39, 0.29) is 5.91 Å². The minimum Gasteiger partial charge on any atom is -0.370 e. The van der Waals surface area contributed by atoms with Gasteiger partial charge in [0.2, 0.25) is 10.0 Å². The quantitative estimate of drug-likeness (QED) is 0.674. The van der Waals surface area contributed by atoms with Crippen LogP contribution in [-0.4, -0.2) is 75.4 Å². The normalized spacial score (nSPS) is 23.4. The average Bonchev–Trinajstić information content (AvgIpc) is 3.31. The predicted octanol–water partition coefficient (Wildman–Crippen LogP) is 3.07. The van der Waals surface area contributed by atoms with E-state index in [4.69, 9.17) is 0 Å². The number of likely N-dealkylation sites (tertiary alicyclic amines) is 1. The zero-order valence-corrected chi connectivity index (χ0v) is 20.2. The Labute approximate surface area is 193 Å². The minimum atomic E-state index is -3.64. The summed E-state index contributed by atoms with van der Waals surface area (Å²) in [6.07, 6.45) is 8.45. The molecule has 1 aromatic carbocycles. The van der Waals surface area contributed by atoms with Gasteiger partial charge in [0.1, 0.15) is 4.90 Å². The van der Waals surface area contributed by atoms with Crippen LogP contribution in [0.5, 0.6) is 0 Å². The molecule has 3 heterocycles. The van der Waals surface area contributed by atoms with Crippen LogP contribution < -0.4 is 10.2 Å². The molecule has 1 aromatic rings. The maximum atomic E-state index is 13.6. The van der Waals surface area contributed by atoms with Gasteiger partial charge in [-0.3, -0.25) is 9.69 Å². The second kappa shape index (κ2) is 10.5. The number of likely N-dealkylation sites (N-methyl/N-ethyl adjacent to an activating group) is 1. The molecular weight excluding hydrogens is 424 g/mol. The van der Waals surface area contributed by atoms with Crippen LogP contribution in [0.3, 0.4) is 0 Å². The molecule has 1 atom stereocenters. The molecule has 3 aliphatic heterocycles. The lowest BCUT2D eigenvalue weighted by molar-refractivity contribution is 0.0941. The number of nitrogens with zero attached hydrogens (tertiary/aromatic N) is 3. The molecule has 178 valence electrons. The van der Waals surface area contributed by atoms with E-state index in [2.05, 4.69) is 22.0 Å². The summed E-state index contributed by atoms with van der Waals surface area (Å²) < 4.78 is 28.9. The van der Waals surface area contributed by atoms with E-state index in [1.54, 1.807) is 16.4 Å². The first-order valence-corrected chi connectivity index (χ1v) is 13.9. The van der Waals surface area contributed by atoms with Crippen molar-refractivity contribution in [2.75, 3.05) is 50.7 Å². The van der Waals surface area contributed by atoms with Gasteiger partial charge >= 0.3 is 0 Å². The summed E-state index contributed by atoms with van der Waals surface area (Å²) in [7, 11) is -3.64. The van der Waals surface area contributed by atoms with E-state index in [1.807, 2.05) is 6.07 Å². The summed E-state index contributed by atoms with van der Waals surface area (Å²) in [4.78, 5) is 17.9. The number of anilines is 1. The van der Waals surface area contributed by atoms with Crippen molar-refractivity contribution in [2.24, 2.45) is 0 Å². The lowest BCUT2D eigenvalue weighted by atomic mass is 10.1. The number of amides is 1. The third-order valence-electron chi connectivity index (χ3n) is 7.26. The Morgan fingerprint density at radius 1 is 0.969 bits per heavy atom. The minimum absolute atomic E-state index is 0.187. The van der Waals surface area contributed by atoms with Gasteiger partial charge < -0.3 is 10.2 Å². The Morgan fingerprint density at radius 2 is 1.66 bits per heavy atom. The van der Waals surface area contributed by atoms with Crippen LogP contribution in [0.4, 0.5) is 5.69 Å². The van der Waals surface area contributed by atoms with E-state index < -0.39 is 10.0 Å². The molecule has 0 bridgehead atoms. The number of carbonyl (C=O) groups excluding carboxylic acids is 1. The van der Waals surface area contributed by atoms with Crippen LogP contribution in [0.15, 0.2) is 23.1 Å². The molecule has 8 heteroatoms. The number of carbonyl (C=O) groups is 1. The van der Waals surface area contributed by atoms with Gasteiger partial charge in [0, 0.05) is 44.3 Å². The van der Waals surface area contributed by atoms with Crippen molar-refractivity contribution in [2.45, 2.75) is 69.2 Å². The Bertz CT molecular complexity index is 893. The van der Waals surface area contributed by atoms with Crippen LogP contribution in [0, 0.1) is 0 Å². The molecule has 3 saturated heterocycles. The molecule has 7 nitrogen and oxygen atoms in total. The maximum absolute atomic E-state index is 13.6. The number of hydrogen-bond donors (Lipinski definition) is 1. The van der Waals surface area contributed by atoms with Crippen LogP contribution in [0.2, 0.25) is 0 Å². The third kappa shape index (κ3) is 5.13. The molecular formula is C24H38N4O3S. The van der Waals surface area contributed by atoms with E-state index in [9.17, 15) is 13.2 Å². The fraction of sp³-hybridized carbons (Fsp3) is 0.708. The topological polar surface area (TPSA) is 73.0 Å². The molecule has 32 heavy (non-hydrogen) atoms. The first kappa shape index (κ1) is 23.5. The molecule has 0 saturated carbocycles. The van der Waals surface area contributed by atoms with Crippen molar-refractivity contribution in [1.82, 2.24) is 14.5 Å². The highest BCUT2D eigenvalue weighted by Gasteiger charge is 2.31. The lowest BCUT2D eigenvalue weighted by Crippen LogP contribution is -2.40. The highest BCUT2D eigenvalue weighted by molar-refractivity contribution is 7.89. The maximum Gasteiger partial charge on any atom is 0.251 e. The van der Waals surface area contributed by atoms with Gasteiger partial charge in [-0.2, -0.15) is 4.31 Å². The Balaban J connectivity index is 1.58. The van der Waals surface area contributed by atoms with Crippen LogP contribution in [0.1, 0.15) is 68.6 Å². The Kier molecular flexibility index (Phi) is 7.74. The lowest BCUT2D eigenvalue weighted by Gasteiger charge is -2.33. The van der Waals surface area contributed by atoms with Gasteiger partial charge in [0.05, 0.1) is 5.69 Å². The van der Waals surface area contributed by atoms with E-state index in [0.717, 1.165) is 76.8 Å². The fourth-order valence-corrected chi connectivity index (χ4v) is 7.11. The zero-order chi connectivity index (χ0) is 22.6. The molecule has 3 aliphatic rings. The SMILES string of the molecule is CCN1CCCC1CNC(=O)c1ccc(N2CCCCC2)c(S(=O)(=O)N2CCCCC2)c1. The van der Waals surface area contributed by atoms with E-state index in [0.29, 0.717) is 36.1 Å². The molecule has 4 rings (SSSR count). The zero-order valence-electron chi connectivity index (χ0n) is 19.4. The molecule has 1 N–H and O–H groups in total. The monoisotopic (exact) mass is 462 g/mol. The summed E-state index contributed by atoms with van der Waals surface area (Å²) in [5.41, 5.74) is 1.18. The van der Waals surface area contributed by atoms with E-state index in [1.165, 1.54) is 6.42 Å². The Morgan fingerprint density at radius 3 is 2.34 bits per heavy atom. The molecule has 1 unspecified atom stereocenters. The molecule has 0 spiro atoms. The molecule has 0 aromatic heterocycles. The van der Waals surface area contributed by atoms with E-state index >= 15 is 0 Å². The highest BCUT2D eigenvalue weighted by atomic mass is 32.2. The summed E-state index contributed by atoms with van der Waals surface area (Å²) in [6.45, 7) is 7.68. The van der Waals surface area contributed by atoms with Gasteiger partial charge in [-0.05, 0) is 76.2 Å². The summed E-state index contributed by atoms with van der Waals surface area (Å²) >= 11 is 0. The third-order valence-corrected chi connectivity index (χ3v) is 9.18. The van der Waals surface area contributed by atoms with Crippen molar-refractivity contribution in [3.05, 3.63) is 23.8 Å². The molecule has 0 aliphatic carbocycles. The second-order valence-corrected chi connectivity index (χ2v) is 11.2. The predicted molar refractivity (Wildman–Crippen MR) is 128 cm³/mol. The summed E-state index contributed by atoms with van der Waals surface area (Å²) in [5.74, 6) is -0.187. The fourth-order valence-electron chi connectivity index (χ4n) is 5.36. The van der Waals surface area contributed by atoms with Gasteiger partial charge in [-0.15, -0.1) is 0 Å².